The molecule has 0 amide bonds. The van der Waals surface area contributed by atoms with E-state index < -0.39 is 0 Å². The molecule has 0 radical (unpaired) electrons. The van der Waals surface area contributed by atoms with Crippen LogP contribution in [0.25, 0.3) is 0 Å². The quantitative estimate of drug-likeness (QED) is 0.206. The highest BCUT2D eigenvalue weighted by Crippen LogP contribution is 1.97. The highest BCUT2D eigenvalue weighted by Gasteiger charge is 1.84. The number of aliphatic imine (C=N–C) groups is 2. The van der Waals surface area contributed by atoms with Crippen molar-refractivity contribution in [1.29, 1.82) is 0 Å². The highest BCUT2D eigenvalue weighted by molar-refractivity contribution is 14.1. The summed E-state index contributed by atoms with van der Waals surface area (Å²) in [5.74, 6) is 0. The van der Waals surface area contributed by atoms with Crippen LogP contribution >= 0.6 is 38.5 Å². The molecule has 0 N–H and O–H groups in total. The molecular weight excluding hydrogens is 387 g/mol. The number of halogens is 2. The molecule has 0 aliphatic carbocycles. The lowest BCUT2D eigenvalue weighted by molar-refractivity contribution is 0.561. The van der Waals surface area contributed by atoms with Crippen LogP contribution in [0.1, 0.15) is 25.7 Å². The molecule has 0 rings (SSSR count). The van der Waals surface area contributed by atoms with E-state index in [1.807, 2.05) is 0 Å². The van der Waals surface area contributed by atoms with Crippen LogP contribution in [0.5, 0.6) is 0 Å². The first-order valence-electron chi connectivity index (χ1n) is 5.02. The lowest BCUT2D eigenvalue weighted by atomic mass is 10.2. The SMILES string of the molecule is O=C=NCCCCCBr.O=C=NCCCI. The van der Waals surface area contributed by atoms with E-state index in [2.05, 4.69) is 48.5 Å². The first kappa shape index (κ1) is 18.3. The molecule has 0 aliphatic heterocycles. The Bertz CT molecular complexity index is 227. The Kier molecular flexibility index (Phi) is 23.4. The van der Waals surface area contributed by atoms with Gasteiger partial charge in [0.15, 0.2) is 0 Å². The van der Waals surface area contributed by atoms with Gasteiger partial charge in [0.05, 0.1) is 13.1 Å². The van der Waals surface area contributed by atoms with Crippen LogP contribution in [0.15, 0.2) is 9.98 Å². The fraction of sp³-hybridized carbons (Fsp3) is 0.800. The molecular formula is C10H16BrIN2O2. The molecule has 16 heavy (non-hydrogen) atoms. The Morgan fingerprint density at radius 2 is 1.50 bits per heavy atom. The molecule has 0 unspecified atom stereocenters. The standard InChI is InChI=1S/C6H10BrNO.C4H6INO/c7-4-2-1-3-5-8-6-9;5-2-1-3-6-4-7/h1-5H2;1-3H2. The van der Waals surface area contributed by atoms with Crippen molar-refractivity contribution in [3.05, 3.63) is 0 Å². The minimum Gasteiger partial charge on any atom is -0.211 e. The molecule has 0 atom stereocenters. The highest BCUT2D eigenvalue weighted by atomic mass is 127. The molecule has 6 heteroatoms. The topological polar surface area (TPSA) is 58.9 Å². The molecule has 4 nitrogen and oxygen atoms in total. The maximum absolute atomic E-state index is 9.54. The van der Waals surface area contributed by atoms with Crippen molar-refractivity contribution in [2.75, 3.05) is 22.8 Å². The summed E-state index contributed by atoms with van der Waals surface area (Å²) in [5.41, 5.74) is 0. The van der Waals surface area contributed by atoms with Crippen LogP contribution in [0.3, 0.4) is 0 Å². The van der Waals surface area contributed by atoms with Gasteiger partial charge in [-0.3, -0.25) is 0 Å². The molecule has 0 aromatic heterocycles. The summed E-state index contributed by atoms with van der Waals surface area (Å²) in [4.78, 5) is 25.7. The molecule has 0 heterocycles. The van der Waals surface area contributed by atoms with Crippen LogP contribution in [0.2, 0.25) is 0 Å². The van der Waals surface area contributed by atoms with Gasteiger partial charge in [0.25, 0.3) is 0 Å². The Labute approximate surface area is 118 Å². The molecule has 0 bridgehead atoms. The predicted octanol–water partition coefficient (Wildman–Crippen LogP) is 3.03. The third kappa shape index (κ3) is 23.6. The van der Waals surface area contributed by atoms with E-state index in [0.717, 1.165) is 35.4 Å². The largest absolute Gasteiger partial charge is 0.234 e. The molecule has 0 aliphatic rings. The van der Waals surface area contributed by atoms with Crippen LogP contribution in [0, 0.1) is 0 Å². The van der Waals surface area contributed by atoms with Gasteiger partial charge in [-0.2, -0.15) is 0 Å². The van der Waals surface area contributed by atoms with Gasteiger partial charge in [-0.05, 0) is 19.3 Å². The third-order valence-corrected chi connectivity index (χ3v) is 2.76. The Balaban J connectivity index is 0. The van der Waals surface area contributed by atoms with Crippen molar-refractivity contribution < 1.29 is 9.59 Å². The molecule has 0 fully saturated rings. The van der Waals surface area contributed by atoms with Gasteiger partial charge in [-0.25, -0.2) is 19.6 Å². The normalized spacial score (nSPS) is 8.12. The van der Waals surface area contributed by atoms with E-state index in [4.69, 9.17) is 0 Å². The molecule has 0 aromatic carbocycles. The lowest BCUT2D eigenvalue weighted by Gasteiger charge is -1.90. The minimum absolute atomic E-state index is 0.631. The van der Waals surface area contributed by atoms with E-state index >= 15 is 0 Å². The number of alkyl halides is 2. The van der Waals surface area contributed by atoms with Gasteiger partial charge in [0.1, 0.15) is 0 Å². The maximum atomic E-state index is 9.54. The predicted molar refractivity (Wildman–Crippen MR) is 77.1 cm³/mol. The second-order valence-corrected chi connectivity index (χ2v) is 4.61. The van der Waals surface area contributed by atoms with Gasteiger partial charge < -0.3 is 0 Å². The van der Waals surface area contributed by atoms with E-state index in [9.17, 15) is 9.59 Å². The second-order valence-electron chi connectivity index (χ2n) is 2.74. The summed E-state index contributed by atoms with van der Waals surface area (Å²) < 4.78 is 1.06. The Hall–Kier alpha value is -0.0300. The van der Waals surface area contributed by atoms with E-state index in [1.165, 1.54) is 12.2 Å². The van der Waals surface area contributed by atoms with Crippen molar-refractivity contribution in [1.82, 2.24) is 0 Å². The zero-order valence-electron chi connectivity index (χ0n) is 9.12. The zero-order valence-corrected chi connectivity index (χ0v) is 12.9. The fourth-order valence-electron chi connectivity index (χ4n) is 0.692. The van der Waals surface area contributed by atoms with Crippen molar-refractivity contribution in [3.8, 4) is 0 Å². The third-order valence-electron chi connectivity index (χ3n) is 1.44. The molecule has 0 aromatic rings. The van der Waals surface area contributed by atoms with Crippen molar-refractivity contribution in [2.45, 2.75) is 25.7 Å². The smallest absolute Gasteiger partial charge is 0.211 e. The number of hydrogen-bond donors (Lipinski definition) is 0. The number of hydrogen-bond acceptors (Lipinski definition) is 4. The summed E-state index contributed by atoms with van der Waals surface area (Å²) in [6.45, 7) is 1.27. The summed E-state index contributed by atoms with van der Waals surface area (Å²) in [5, 5.41) is 1.04. The molecule has 0 saturated heterocycles. The number of unbranched alkanes of at least 4 members (excludes halogenated alkanes) is 2. The summed E-state index contributed by atoms with van der Waals surface area (Å²) in [6.07, 6.45) is 7.26. The number of nitrogens with zero attached hydrogens (tertiary/aromatic N) is 2. The Morgan fingerprint density at radius 3 is 1.94 bits per heavy atom. The number of carbonyl (C=O) groups excluding carboxylic acids is 2. The van der Waals surface area contributed by atoms with E-state index in [-0.39, 0.29) is 0 Å². The summed E-state index contributed by atoms with van der Waals surface area (Å²) in [7, 11) is 0. The van der Waals surface area contributed by atoms with Gasteiger partial charge in [0.2, 0.25) is 12.2 Å². The lowest BCUT2D eigenvalue weighted by Crippen LogP contribution is -1.81. The summed E-state index contributed by atoms with van der Waals surface area (Å²) in [6, 6.07) is 0. The minimum atomic E-state index is 0.631. The first-order valence-corrected chi connectivity index (χ1v) is 7.67. The van der Waals surface area contributed by atoms with Crippen LogP contribution < -0.4 is 0 Å². The Morgan fingerprint density at radius 1 is 0.938 bits per heavy atom. The van der Waals surface area contributed by atoms with Crippen molar-refractivity contribution in [2.24, 2.45) is 9.98 Å². The van der Waals surface area contributed by atoms with Gasteiger partial charge in [0, 0.05) is 9.76 Å². The number of rotatable bonds is 8. The zero-order chi connectivity index (χ0) is 12.5. The average Bonchev–Trinajstić information content (AvgIpc) is 2.31. The van der Waals surface area contributed by atoms with E-state index in [0.29, 0.717) is 13.1 Å². The second kappa shape index (κ2) is 20.4. The van der Waals surface area contributed by atoms with Gasteiger partial charge >= 0.3 is 0 Å². The van der Waals surface area contributed by atoms with Gasteiger partial charge in [-0.1, -0.05) is 44.9 Å². The van der Waals surface area contributed by atoms with Crippen molar-refractivity contribution >= 4 is 50.7 Å². The van der Waals surface area contributed by atoms with Crippen LogP contribution in [0.4, 0.5) is 0 Å². The first-order chi connectivity index (χ1) is 7.83. The average molecular weight is 403 g/mol. The molecule has 92 valence electrons. The fourth-order valence-corrected chi connectivity index (χ4v) is 1.43. The van der Waals surface area contributed by atoms with Crippen LogP contribution in [-0.4, -0.2) is 35.0 Å². The monoisotopic (exact) mass is 402 g/mol. The summed E-state index contributed by atoms with van der Waals surface area (Å²) >= 11 is 5.55. The number of isocyanates is 2. The molecule has 0 spiro atoms. The van der Waals surface area contributed by atoms with Crippen molar-refractivity contribution in [3.63, 3.8) is 0 Å². The maximum Gasteiger partial charge on any atom is 0.234 e. The molecule has 0 saturated carbocycles. The van der Waals surface area contributed by atoms with Gasteiger partial charge in [-0.15, -0.1) is 0 Å². The van der Waals surface area contributed by atoms with Crippen LogP contribution in [-0.2, 0) is 9.59 Å². The van der Waals surface area contributed by atoms with E-state index in [1.54, 1.807) is 0 Å².